The van der Waals surface area contributed by atoms with Crippen LogP contribution in [0.2, 0.25) is 0 Å². The molecule has 0 bridgehead atoms. The van der Waals surface area contributed by atoms with Crippen LogP contribution in [0, 0.1) is 13.8 Å². The largest absolute Gasteiger partial charge is 0.488 e. The van der Waals surface area contributed by atoms with E-state index in [1.165, 1.54) is 0 Å². The minimum absolute atomic E-state index is 0.0491. The third-order valence-electron chi connectivity index (χ3n) is 2.88. The van der Waals surface area contributed by atoms with E-state index in [9.17, 15) is 5.11 Å². The first-order chi connectivity index (χ1) is 9.12. The van der Waals surface area contributed by atoms with Crippen LogP contribution in [0.5, 0.6) is 5.75 Å². The van der Waals surface area contributed by atoms with Crippen molar-refractivity contribution in [3.8, 4) is 5.75 Å². The fourth-order valence-corrected chi connectivity index (χ4v) is 1.85. The van der Waals surface area contributed by atoms with Gasteiger partial charge in [-0.05, 0) is 56.5 Å². The standard InChI is InChI=1S/C15H24O4/c1-5-17-15(18-6-2)10-19-14-8-11(3)13(9-16)7-12(14)4/h7-8,15-16H,5-6,9-10H2,1-4H3. The molecule has 0 amide bonds. The summed E-state index contributed by atoms with van der Waals surface area (Å²) in [6, 6.07) is 3.89. The molecule has 1 N–H and O–H groups in total. The monoisotopic (exact) mass is 268 g/mol. The van der Waals surface area contributed by atoms with Gasteiger partial charge in [0, 0.05) is 13.2 Å². The van der Waals surface area contributed by atoms with Crippen molar-refractivity contribution in [3.05, 3.63) is 28.8 Å². The lowest BCUT2D eigenvalue weighted by atomic mass is 10.1. The van der Waals surface area contributed by atoms with Gasteiger partial charge in [-0.2, -0.15) is 0 Å². The maximum atomic E-state index is 9.21. The lowest BCUT2D eigenvalue weighted by molar-refractivity contribution is -0.152. The van der Waals surface area contributed by atoms with E-state index in [-0.39, 0.29) is 12.9 Å². The Labute approximate surface area is 115 Å². The van der Waals surface area contributed by atoms with E-state index >= 15 is 0 Å². The number of ether oxygens (including phenoxy) is 3. The minimum Gasteiger partial charge on any atom is -0.488 e. The zero-order valence-electron chi connectivity index (χ0n) is 12.2. The highest BCUT2D eigenvalue weighted by atomic mass is 16.7. The lowest BCUT2D eigenvalue weighted by Gasteiger charge is -2.19. The van der Waals surface area contributed by atoms with E-state index in [0.29, 0.717) is 19.8 Å². The van der Waals surface area contributed by atoms with Gasteiger partial charge in [0.25, 0.3) is 0 Å². The molecule has 1 rings (SSSR count). The van der Waals surface area contributed by atoms with E-state index in [0.717, 1.165) is 22.4 Å². The van der Waals surface area contributed by atoms with Crippen LogP contribution >= 0.6 is 0 Å². The molecule has 0 atom stereocenters. The number of rotatable bonds is 8. The molecule has 0 fully saturated rings. The van der Waals surface area contributed by atoms with Gasteiger partial charge in [-0.25, -0.2) is 0 Å². The van der Waals surface area contributed by atoms with Crippen molar-refractivity contribution in [1.29, 1.82) is 0 Å². The average molecular weight is 268 g/mol. The van der Waals surface area contributed by atoms with Gasteiger partial charge in [0.1, 0.15) is 12.4 Å². The Bertz CT molecular complexity index is 384. The van der Waals surface area contributed by atoms with Crippen LogP contribution in [-0.4, -0.2) is 31.2 Å². The summed E-state index contributed by atoms with van der Waals surface area (Å²) in [5, 5.41) is 9.21. The SMILES string of the molecule is CCOC(COc1cc(C)c(CO)cc1C)OCC. The highest BCUT2D eigenvalue weighted by Crippen LogP contribution is 2.23. The second-order valence-electron chi connectivity index (χ2n) is 4.35. The van der Waals surface area contributed by atoms with Crippen molar-refractivity contribution in [1.82, 2.24) is 0 Å². The topological polar surface area (TPSA) is 47.9 Å². The molecular formula is C15H24O4. The Morgan fingerprint density at radius 2 is 1.68 bits per heavy atom. The van der Waals surface area contributed by atoms with Crippen molar-refractivity contribution in [2.24, 2.45) is 0 Å². The summed E-state index contributed by atoms with van der Waals surface area (Å²) in [4.78, 5) is 0. The average Bonchev–Trinajstić information content (AvgIpc) is 2.39. The lowest BCUT2D eigenvalue weighted by Crippen LogP contribution is -2.25. The summed E-state index contributed by atoms with van der Waals surface area (Å²) in [5.74, 6) is 0.805. The Morgan fingerprint density at radius 3 is 2.21 bits per heavy atom. The van der Waals surface area contributed by atoms with Crippen LogP contribution in [0.15, 0.2) is 12.1 Å². The summed E-state index contributed by atoms with van der Waals surface area (Å²) in [5.41, 5.74) is 2.95. The summed E-state index contributed by atoms with van der Waals surface area (Å²) in [7, 11) is 0. The van der Waals surface area contributed by atoms with E-state index in [1.807, 2.05) is 39.8 Å². The van der Waals surface area contributed by atoms with Crippen LogP contribution in [-0.2, 0) is 16.1 Å². The highest BCUT2D eigenvalue weighted by molar-refractivity contribution is 5.41. The first kappa shape index (κ1) is 16.0. The van der Waals surface area contributed by atoms with Gasteiger partial charge in [-0.3, -0.25) is 0 Å². The second-order valence-corrected chi connectivity index (χ2v) is 4.35. The van der Waals surface area contributed by atoms with Crippen molar-refractivity contribution < 1.29 is 19.3 Å². The molecule has 0 radical (unpaired) electrons. The van der Waals surface area contributed by atoms with Crippen molar-refractivity contribution in [2.75, 3.05) is 19.8 Å². The molecule has 4 heteroatoms. The number of benzene rings is 1. The molecule has 0 aromatic heterocycles. The van der Waals surface area contributed by atoms with E-state index in [1.54, 1.807) is 0 Å². The summed E-state index contributed by atoms with van der Waals surface area (Å²) in [6.07, 6.45) is -0.341. The molecule has 0 heterocycles. The molecular weight excluding hydrogens is 244 g/mol. The predicted octanol–water partition coefficient (Wildman–Crippen LogP) is 2.57. The van der Waals surface area contributed by atoms with Crippen molar-refractivity contribution in [2.45, 2.75) is 40.6 Å². The Balaban J connectivity index is 2.68. The Hall–Kier alpha value is -1.10. The Kier molecular flexibility index (Phi) is 6.84. The maximum Gasteiger partial charge on any atom is 0.191 e. The molecule has 0 aliphatic carbocycles. The third kappa shape index (κ3) is 4.82. The van der Waals surface area contributed by atoms with Gasteiger partial charge in [-0.15, -0.1) is 0 Å². The first-order valence-corrected chi connectivity index (χ1v) is 6.69. The molecule has 1 aromatic rings. The quantitative estimate of drug-likeness (QED) is 0.736. The zero-order valence-corrected chi connectivity index (χ0v) is 12.2. The van der Waals surface area contributed by atoms with Gasteiger partial charge in [0.2, 0.25) is 0 Å². The van der Waals surface area contributed by atoms with Gasteiger partial charge in [0.15, 0.2) is 6.29 Å². The maximum absolute atomic E-state index is 9.21. The fraction of sp³-hybridized carbons (Fsp3) is 0.600. The molecule has 0 aliphatic rings. The van der Waals surface area contributed by atoms with E-state index in [4.69, 9.17) is 14.2 Å². The number of aliphatic hydroxyl groups excluding tert-OH is 1. The molecule has 0 aliphatic heterocycles. The molecule has 0 saturated heterocycles. The normalized spacial score (nSPS) is 11.1. The second kappa shape index (κ2) is 8.15. The molecule has 0 saturated carbocycles. The summed E-state index contributed by atoms with van der Waals surface area (Å²) < 4.78 is 16.6. The van der Waals surface area contributed by atoms with Crippen LogP contribution in [0.25, 0.3) is 0 Å². The molecule has 19 heavy (non-hydrogen) atoms. The van der Waals surface area contributed by atoms with E-state index < -0.39 is 0 Å². The van der Waals surface area contributed by atoms with Crippen molar-refractivity contribution >= 4 is 0 Å². The van der Waals surface area contributed by atoms with Crippen LogP contribution in [0.1, 0.15) is 30.5 Å². The zero-order chi connectivity index (χ0) is 14.3. The molecule has 108 valence electrons. The van der Waals surface area contributed by atoms with Crippen LogP contribution in [0.4, 0.5) is 0 Å². The smallest absolute Gasteiger partial charge is 0.191 e. The van der Waals surface area contributed by atoms with Gasteiger partial charge in [-0.1, -0.05) is 0 Å². The minimum atomic E-state index is -0.341. The first-order valence-electron chi connectivity index (χ1n) is 6.69. The Morgan fingerprint density at radius 1 is 1.05 bits per heavy atom. The summed E-state index contributed by atoms with van der Waals surface area (Å²) in [6.45, 7) is 9.37. The fourth-order valence-electron chi connectivity index (χ4n) is 1.85. The molecule has 1 aromatic carbocycles. The van der Waals surface area contributed by atoms with Gasteiger partial charge in [0.05, 0.1) is 6.61 Å². The highest BCUT2D eigenvalue weighted by Gasteiger charge is 2.11. The van der Waals surface area contributed by atoms with Gasteiger partial charge < -0.3 is 19.3 Å². The predicted molar refractivity (Wildman–Crippen MR) is 74.4 cm³/mol. The van der Waals surface area contributed by atoms with E-state index in [2.05, 4.69) is 0 Å². The number of hydrogen-bond acceptors (Lipinski definition) is 4. The van der Waals surface area contributed by atoms with Crippen molar-refractivity contribution in [3.63, 3.8) is 0 Å². The van der Waals surface area contributed by atoms with Crippen LogP contribution < -0.4 is 4.74 Å². The van der Waals surface area contributed by atoms with Gasteiger partial charge >= 0.3 is 0 Å². The number of aryl methyl sites for hydroxylation is 2. The van der Waals surface area contributed by atoms with Crippen LogP contribution in [0.3, 0.4) is 0 Å². The summed E-state index contributed by atoms with van der Waals surface area (Å²) >= 11 is 0. The molecule has 0 spiro atoms. The molecule has 4 nitrogen and oxygen atoms in total. The third-order valence-corrected chi connectivity index (χ3v) is 2.88. The number of hydrogen-bond donors (Lipinski definition) is 1. The molecule has 0 unspecified atom stereocenters. The number of aliphatic hydroxyl groups is 1.